The Hall–Kier alpha value is -1.81. The van der Waals surface area contributed by atoms with E-state index < -0.39 is 0 Å². The monoisotopic (exact) mass is 289 g/mol. The fourth-order valence-corrected chi connectivity index (χ4v) is 2.40. The number of hydrogen-bond donors (Lipinski definition) is 1. The molecular formula is C16H16FNOS. The van der Waals surface area contributed by atoms with Crippen LogP contribution in [0.4, 0.5) is 4.39 Å². The topological polar surface area (TPSA) is 29.1 Å². The molecule has 0 bridgehead atoms. The van der Waals surface area contributed by atoms with Crippen molar-refractivity contribution in [2.45, 2.75) is 18.4 Å². The van der Waals surface area contributed by atoms with Crippen LogP contribution in [0.15, 0.2) is 53.4 Å². The zero-order valence-electron chi connectivity index (χ0n) is 11.2. The molecule has 0 spiro atoms. The van der Waals surface area contributed by atoms with E-state index in [2.05, 4.69) is 5.32 Å². The van der Waals surface area contributed by atoms with Crippen LogP contribution >= 0.6 is 11.8 Å². The number of nitrogens with one attached hydrogen (secondary N) is 1. The molecule has 0 aromatic heterocycles. The van der Waals surface area contributed by atoms with Crippen LogP contribution in [0.5, 0.6) is 0 Å². The van der Waals surface area contributed by atoms with Gasteiger partial charge in [0, 0.05) is 17.0 Å². The predicted octanol–water partition coefficient (Wildman–Crippen LogP) is 3.54. The maximum Gasteiger partial charge on any atom is 0.230 e. The second-order valence-corrected chi connectivity index (χ2v) is 5.52. The van der Waals surface area contributed by atoms with Crippen molar-refractivity contribution in [1.29, 1.82) is 0 Å². The van der Waals surface area contributed by atoms with Crippen LogP contribution in [0.2, 0.25) is 0 Å². The molecule has 0 fully saturated rings. The Kier molecular flexibility index (Phi) is 5.18. The van der Waals surface area contributed by atoms with Gasteiger partial charge in [0.1, 0.15) is 5.82 Å². The molecule has 1 N–H and O–H groups in total. The largest absolute Gasteiger partial charge is 0.351 e. The number of carbonyl (C=O) groups excluding carboxylic acids is 1. The fraction of sp³-hybridized carbons (Fsp3) is 0.188. The Balaban J connectivity index is 1.78. The lowest BCUT2D eigenvalue weighted by molar-refractivity contribution is -0.118. The Morgan fingerprint density at radius 3 is 2.55 bits per heavy atom. The molecule has 2 nitrogen and oxygen atoms in total. The highest BCUT2D eigenvalue weighted by atomic mass is 32.2. The predicted molar refractivity (Wildman–Crippen MR) is 80.1 cm³/mol. The van der Waals surface area contributed by atoms with Gasteiger partial charge in [0.05, 0.1) is 5.75 Å². The summed E-state index contributed by atoms with van der Waals surface area (Å²) in [7, 11) is 0. The smallest absolute Gasteiger partial charge is 0.230 e. The third-order valence-corrected chi connectivity index (χ3v) is 3.84. The van der Waals surface area contributed by atoms with E-state index in [1.54, 1.807) is 18.2 Å². The number of thioether (sulfide) groups is 1. The second kappa shape index (κ2) is 7.10. The van der Waals surface area contributed by atoms with Crippen molar-refractivity contribution in [3.8, 4) is 0 Å². The molecule has 104 valence electrons. The molecule has 0 saturated carbocycles. The van der Waals surface area contributed by atoms with Crippen molar-refractivity contribution in [2.24, 2.45) is 0 Å². The Morgan fingerprint density at radius 2 is 1.85 bits per heavy atom. The molecule has 0 radical (unpaired) electrons. The summed E-state index contributed by atoms with van der Waals surface area (Å²) < 4.78 is 13.4. The molecular weight excluding hydrogens is 273 g/mol. The highest BCUT2D eigenvalue weighted by molar-refractivity contribution is 8.00. The molecule has 0 aliphatic rings. The van der Waals surface area contributed by atoms with Gasteiger partial charge in [-0.15, -0.1) is 11.8 Å². The lowest BCUT2D eigenvalue weighted by Gasteiger charge is -2.06. The van der Waals surface area contributed by atoms with Crippen LogP contribution in [0, 0.1) is 12.7 Å². The van der Waals surface area contributed by atoms with Crippen molar-refractivity contribution in [3.05, 3.63) is 65.5 Å². The van der Waals surface area contributed by atoms with Gasteiger partial charge in [0.15, 0.2) is 0 Å². The SMILES string of the molecule is Cc1ccc(SCC(=O)NCc2ccccc2F)cc1. The van der Waals surface area contributed by atoms with E-state index in [0.717, 1.165) is 4.90 Å². The van der Waals surface area contributed by atoms with E-state index in [-0.39, 0.29) is 18.3 Å². The summed E-state index contributed by atoms with van der Waals surface area (Å²) in [5.41, 5.74) is 1.69. The number of amides is 1. The molecule has 2 rings (SSSR count). The van der Waals surface area contributed by atoms with Gasteiger partial charge in [-0.2, -0.15) is 0 Å². The number of halogens is 1. The van der Waals surface area contributed by atoms with Gasteiger partial charge in [-0.3, -0.25) is 4.79 Å². The van der Waals surface area contributed by atoms with Crippen molar-refractivity contribution in [2.75, 3.05) is 5.75 Å². The zero-order chi connectivity index (χ0) is 14.4. The van der Waals surface area contributed by atoms with E-state index in [4.69, 9.17) is 0 Å². The van der Waals surface area contributed by atoms with Crippen molar-refractivity contribution < 1.29 is 9.18 Å². The minimum Gasteiger partial charge on any atom is -0.351 e. The van der Waals surface area contributed by atoms with Crippen LogP contribution < -0.4 is 5.32 Å². The van der Waals surface area contributed by atoms with Crippen LogP contribution in [0.1, 0.15) is 11.1 Å². The molecule has 2 aromatic rings. The summed E-state index contributed by atoms with van der Waals surface area (Å²) in [5.74, 6) is -0.0600. The van der Waals surface area contributed by atoms with Gasteiger partial charge in [0.2, 0.25) is 5.91 Å². The minimum absolute atomic E-state index is 0.0983. The number of carbonyl (C=O) groups is 1. The van der Waals surface area contributed by atoms with Gasteiger partial charge >= 0.3 is 0 Å². The maximum absolute atomic E-state index is 13.4. The fourth-order valence-electron chi connectivity index (χ4n) is 1.67. The number of rotatable bonds is 5. The summed E-state index contributed by atoms with van der Waals surface area (Å²) in [5, 5.41) is 2.72. The maximum atomic E-state index is 13.4. The van der Waals surface area contributed by atoms with Gasteiger partial charge in [0.25, 0.3) is 0 Å². The van der Waals surface area contributed by atoms with E-state index in [0.29, 0.717) is 11.3 Å². The molecule has 2 aromatic carbocycles. The molecule has 0 aliphatic heterocycles. The lowest BCUT2D eigenvalue weighted by atomic mass is 10.2. The van der Waals surface area contributed by atoms with Gasteiger partial charge < -0.3 is 5.32 Å². The summed E-state index contributed by atoms with van der Waals surface area (Å²) in [4.78, 5) is 12.8. The molecule has 0 saturated heterocycles. The van der Waals surface area contributed by atoms with Gasteiger partial charge in [-0.05, 0) is 25.1 Å². The molecule has 0 aliphatic carbocycles. The van der Waals surface area contributed by atoms with Gasteiger partial charge in [-0.25, -0.2) is 4.39 Å². The number of benzene rings is 2. The molecule has 0 atom stereocenters. The first-order chi connectivity index (χ1) is 9.65. The standard InChI is InChI=1S/C16H16FNOS/c1-12-6-8-14(9-7-12)20-11-16(19)18-10-13-4-2-3-5-15(13)17/h2-9H,10-11H2,1H3,(H,18,19). The highest BCUT2D eigenvalue weighted by Gasteiger charge is 2.05. The van der Waals surface area contributed by atoms with E-state index in [1.807, 2.05) is 31.2 Å². The zero-order valence-corrected chi connectivity index (χ0v) is 12.0. The first kappa shape index (κ1) is 14.6. The second-order valence-electron chi connectivity index (χ2n) is 4.47. The van der Waals surface area contributed by atoms with Gasteiger partial charge in [-0.1, -0.05) is 35.9 Å². The number of aryl methyl sites for hydroxylation is 1. The third-order valence-electron chi connectivity index (χ3n) is 2.82. The lowest BCUT2D eigenvalue weighted by Crippen LogP contribution is -2.24. The molecule has 4 heteroatoms. The average Bonchev–Trinajstić information content (AvgIpc) is 2.46. The van der Waals surface area contributed by atoms with E-state index >= 15 is 0 Å². The minimum atomic E-state index is -0.293. The van der Waals surface area contributed by atoms with Crippen molar-refractivity contribution in [1.82, 2.24) is 5.32 Å². The summed E-state index contributed by atoms with van der Waals surface area (Å²) in [6.45, 7) is 2.25. The van der Waals surface area contributed by atoms with Crippen molar-refractivity contribution >= 4 is 17.7 Å². The van der Waals surface area contributed by atoms with Crippen LogP contribution in [-0.4, -0.2) is 11.7 Å². The van der Waals surface area contributed by atoms with E-state index in [1.165, 1.54) is 23.4 Å². The molecule has 0 unspecified atom stereocenters. The van der Waals surface area contributed by atoms with Crippen LogP contribution in [0.25, 0.3) is 0 Å². The summed E-state index contributed by atoms with van der Waals surface area (Å²) >= 11 is 1.47. The van der Waals surface area contributed by atoms with Crippen LogP contribution in [0.3, 0.4) is 0 Å². The number of hydrogen-bond acceptors (Lipinski definition) is 2. The molecule has 1 amide bonds. The van der Waals surface area contributed by atoms with Crippen LogP contribution in [-0.2, 0) is 11.3 Å². The third kappa shape index (κ3) is 4.38. The summed E-state index contributed by atoms with van der Waals surface area (Å²) in [6.07, 6.45) is 0. The normalized spacial score (nSPS) is 10.3. The Morgan fingerprint density at radius 1 is 1.15 bits per heavy atom. The first-order valence-electron chi connectivity index (χ1n) is 6.35. The molecule has 20 heavy (non-hydrogen) atoms. The Bertz CT molecular complexity index is 583. The van der Waals surface area contributed by atoms with E-state index in [9.17, 15) is 9.18 Å². The average molecular weight is 289 g/mol. The Labute approximate surface area is 122 Å². The molecule has 0 heterocycles. The quantitative estimate of drug-likeness (QED) is 0.853. The first-order valence-corrected chi connectivity index (χ1v) is 7.33. The highest BCUT2D eigenvalue weighted by Crippen LogP contribution is 2.17. The summed E-state index contributed by atoms with van der Waals surface area (Å²) in [6, 6.07) is 14.5. The van der Waals surface area contributed by atoms with Crippen molar-refractivity contribution in [3.63, 3.8) is 0 Å².